The maximum atomic E-state index is 9.78. The molecule has 0 saturated heterocycles. The molecule has 4 heteroatoms. The molecule has 0 bridgehead atoms. The molecule has 1 rings (SSSR count). The van der Waals surface area contributed by atoms with Crippen molar-refractivity contribution in [1.82, 2.24) is 5.32 Å². The summed E-state index contributed by atoms with van der Waals surface area (Å²) in [6.45, 7) is 7.58. The van der Waals surface area contributed by atoms with Crippen LogP contribution in [0.2, 0.25) is 0 Å². The maximum Gasteiger partial charge on any atom is 0.125 e. The molecule has 4 nitrogen and oxygen atoms in total. The molecule has 0 saturated carbocycles. The summed E-state index contributed by atoms with van der Waals surface area (Å²) < 4.78 is 5.66. The highest BCUT2D eigenvalue weighted by molar-refractivity contribution is 5.47. The number of hydrogen-bond donors (Lipinski definition) is 2. The van der Waals surface area contributed by atoms with Crippen molar-refractivity contribution in [1.29, 1.82) is 5.26 Å². The predicted molar refractivity (Wildman–Crippen MR) is 75.3 cm³/mol. The lowest BCUT2D eigenvalue weighted by Crippen LogP contribution is -2.32. The van der Waals surface area contributed by atoms with Crippen LogP contribution in [0.1, 0.15) is 30.0 Å². The molecule has 0 spiro atoms. The van der Waals surface area contributed by atoms with Gasteiger partial charge in [0.05, 0.1) is 11.6 Å². The van der Waals surface area contributed by atoms with Gasteiger partial charge in [0, 0.05) is 6.54 Å². The van der Waals surface area contributed by atoms with E-state index < -0.39 is 6.10 Å². The van der Waals surface area contributed by atoms with Crippen LogP contribution in [0.5, 0.6) is 5.75 Å². The van der Waals surface area contributed by atoms with E-state index >= 15 is 0 Å². The zero-order chi connectivity index (χ0) is 14.3. The summed E-state index contributed by atoms with van der Waals surface area (Å²) in [4.78, 5) is 0. The number of aryl methyl sites for hydroxylation is 2. The van der Waals surface area contributed by atoms with Crippen molar-refractivity contribution in [3.8, 4) is 11.8 Å². The minimum absolute atomic E-state index is 0.254. The quantitative estimate of drug-likeness (QED) is 0.737. The first-order valence-corrected chi connectivity index (χ1v) is 6.61. The highest BCUT2D eigenvalue weighted by Crippen LogP contribution is 2.24. The minimum Gasteiger partial charge on any atom is -0.490 e. The second kappa shape index (κ2) is 7.78. The van der Waals surface area contributed by atoms with Gasteiger partial charge in [-0.3, -0.25) is 0 Å². The Morgan fingerprint density at radius 1 is 1.37 bits per heavy atom. The molecule has 0 amide bonds. The topological polar surface area (TPSA) is 65.3 Å². The molecular formula is C15H22N2O2. The molecule has 1 aromatic rings. The number of rotatable bonds is 7. The molecule has 0 aliphatic carbocycles. The molecule has 0 heterocycles. The van der Waals surface area contributed by atoms with Crippen LogP contribution in [0.4, 0.5) is 0 Å². The first kappa shape index (κ1) is 15.5. The number of benzene rings is 1. The van der Waals surface area contributed by atoms with Gasteiger partial charge in [0.25, 0.3) is 0 Å². The summed E-state index contributed by atoms with van der Waals surface area (Å²) in [6, 6.07) is 5.71. The number of nitrogens with one attached hydrogen (secondary N) is 1. The predicted octanol–water partition coefficient (Wildman–Crippen LogP) is 1.91. The monoisotopic (exact) mass is 262 g/mol. The van der Waals surface area contributed by atoms with Crippen LogP contribution in [0.25, 0.3) is 0 Å². The van der Waals surface area contributed by atoms with E-state index in [1.165, 1.54) is 0 Å². The third-order valence-corrected chi connectivity index (χ3v) is 2.82. The van der Waals surface area contributed by atoms with E-state index in [1.54, 1.807) is 12.1 Å². The lowest BCUT2D eigenvalue weighted by Gasteiger charge is -2.16. The van der Waals surface area contributed by atoms with Crippen LogP contribution in [0, 0.1) is 25.2 Å². The Morgan fingerprint density at radius 2 is 2.00 bits per heavy atom. The smallest absolute Gasteiger partial charge is 0.125 e. The standard InChI is InChI=1S/C15H22N2O2/c1-4-5-17-9-14(18)10-19-15-11(2)6-13(8-16)7-12(15)3/h6-7,14,17-18H,4-5,9-10H2,1-3H3. The van der Waals surface area contributed by atoms with Crippen molar-refractivity contribution in [2.75, 3.05) is 19.7 Å². The Bertz CT molecular complexity index is 429. The molecule has 2 N–H and O–H groups in total. The van der Waals surface area contributed by atoms with Crippen LogP contribution < -0.4 is 10.1 Å². The molecule has 0 aliphatic rings. The molecule has 1 aromatic carbocycles. The number of hydrogen-bond acceptors (Lipinski definition) is 4. The van der Waals surface area contributed by atoms with Crippen LogP contribution in [-0.2, 0) is 0 Å². The Labute approximate surface area is 115 Å². The summed E-state index contributed by atoms with van der Waals surface area (Å²) in [5.41, 5.74) is 2.48. The van der Waals surface area contributed by atoms with E-state index in [4.69, 9.17) is 10.00 Å². The molecule has 0 fully saturated rings. The van der Waals surface area contributed by atoms with Crippen molar-refractivity contribution in [2.45, 2.75) is 33.3 Å². The van der Waals surface area contributed by atoms with Gasteiger partial charge >= 0.3 is 0 Å². The largest absolute Gasteiger partial charge is 0.490 e. The Hall–Kier alpha value is -1.57. The van der Waals surface area contributed by atoms with E-state index in [0.29, 0.717) is 12.1 Å². The normalized spacial score (nSPS) is 11.9. The molecule has 19 heavy (non-hydrogen) atoms. The van der Waals surface area contributed by atoms with Crippen LogP contribution in [0.3, 0.4) is 0 Å². The average molecular weight is 262 g/mol. The summed E-state index contributed by atoms with van der Waals surface area (Å²) in [5.74, 6) is 0.758. The summed E-state index contributed by atoms with van der Waals surface area (Å²) in [7, 11) is 0. The highest BCUT2D eigenvalue weighted by atomic mass is 16.5. The fourth-order valence-electron chi connectivity index (χ4n) is 1.93. The van der Waals surface area contributed by atoms with Gasteiger partial charge in [-0.2, -0.15) is 5.26 Å². The van der Waals surface area contributed by atoms with Crippen molar-refractivity contribution < 1.29 is 9.84 Å². The van der Waals surface area contributed by atoms with Gasteiger partial charge in [-0.15, -0.1) is 0 Å². The Balaban J connectivity index is 2.56. The zero-order valence-electron chi connectivity index (χ0n) is 11.9. The number of ether oxygens (including phenoxy) is 1. The van der Waals surface area contributed by atoms with Gasteiger partial charge < -0.3 is 15.2 Å². The fourth-order valence-corrected chi connectivity index (χ4v) is 1.93. The summed E-state index contributed by atoms with van der Waals surface area (Å²) in [6.07, 6.45) is 0.516. The number of nitriles is 1. The van der Waals surface area contributed by atoms with Crippen molar-refractivity contribution in [3.05, 3.63) is 28.8 Å². The molecule has 104 valence electrons. The summed E-state index contributed by atoms with van der Waals surface area (Å²) in [5, 5.41) is 21.8. The highest BCUT2D eigenvalue weighted by Gasteiger charge is 2.09. The second-order valence-corrected chi connectivity index (χ2v) is 4.72. The van der Waals surface area contributed by atoms with E-state index in [0.717, 1.165) is 29.8 Å². The van der Waals surface area contributed by atoms with E-state index in [9.17, 15) is 5.11 Å². The average Bonchev–Trinajstić information content (AvgIpc) is 2.37. The lowest BCUT2D eigenvalue weighted by atomic mass is 10.1. The van der Waals surface area contributed by atoms with Gasteiger partial charge in [-0.25, -0.2) is 0 Å². The van der Waals surface area contributed by atoms with E-state index in [2.05, 4.69) is 18.3 Å². The first-order chi connectivity index (χ1) is 9.08. The molecule has 0 aromatic heterocycles. The van der Waals surface area contributed by atoms with Gasteiger partial charge in [0.2, 0.25) is 0 Å². The van der Waals surface area contributed by atoms with Crippen LogP contribution >= 0.6 is 0 Å². The van der Waals surface area contributed by atoms with Gasteiger partial charge in [0.15, 0.2) is 0 Å². The van der Waals surface area contributed by atoms with E-state index in [-0.39, 0.29) is 6.61 Å². The molecule has 0 radical (unpaired) electrons. The Kier molecular flexibility index (Phi) is 6.34. The lowest BCUT2D eigenvalue weighted by molar-refractivity contribution is 0.106. The van der Waals surface area contributed by atoms with E-state index in [1.807, 2.05) is 13.8 Å². The maximum absolute atomic E-state index is 9.78. The zero-order valence-corrected chi connectivity index (χ0v) is 11.9. The summed E-state index contributed by atoms with van der Waals surface area (Å²) >= 11 is 0. The van der Waals surface area contributed by atoms with Gasteiger partial charge in [-0.1, -0.05) is 6.92 Å². The minimum atomic E-state index is -0.527. The van der Waals surface area contributed by atoms with Crippen LogP contribution in [-0.4, -0.2) is 30.9 Å². The molecule has 0 aliphatic heterocycles. The Morgan fingerprint density at radius 3 is 2.53 bits per heavy atom. The first-order valence-electron chi connectivity index (χ1n) is 6.61. The van der Waals surface area contributed by atoms with Gasteiger partial charge in [0.1, 0.15) is 18.5 Å². The fraction of sp³-hybridized carbons (Fsp3) is 0.533. The number of aliphatic hydroxyl groups is 1. The number of aliphatic hydroxyl groups excluding tert-OH is 1. The third kappa shape index (κ3) is 4.90. The van der Waals surface area contributed by atoms with Crippen molar-refractivity contribution in [2.24, 2.45) is 0 Å². The van der Waals surface area contributed by atoms with Crippen LogP contribution in [0.15, 0.2) is 12.1 Å². The number of nitrogens with zero attached hydrogens (tertiary/aromatic N) is 1. The molecule has 1 unspecified atom stereocenters. The second-order valence-electron chi connectivity index (χ2n) is 4.72. The van der Waals surface area contributed by atoms with Crippen molar-refractivity contribution in [3.63, 3.8) is 0 Å². The third-order valence-electron chi connectivity index (χ3n) is 2.82. The van der Waals surface area contributed by atoms with Crippen molar-refractivity contribution >= 4 is 0 Å². The SMILES string of the molecule is CCCNCC(O)COc1c(C)cc(C#N)cc1C. The molecule has 1 atom stereocenters. The molecular weight excluding hydrogens is 240 g/mol. The van der Waals surface area contributed by atoms with Gasteiger partial charge in [-0.05, 0) is 50.1 Å².